The van der Waals surface area contributed by atoms with E-state index in [1.54, 1.807) is 12.1 Å². The fourth-order valence-corrected chi connectivity index (χ4v) is 2.21. The Kier molecular flexibility index (Phi) is 3.51. The summed E-state index contributed by atoms with van der Waals surface area (Å²) in [4.78, 5) is 19.9. The van der Waals surface area contributed by atoms with E-state index in [1.165, 1.54) is 18.7 Å². The highest BCUT2D eigenvalue weighted by molar-refractivity contribution is 5.95. The number of anilines is 1. The normalized spacial score (nSPS) is 12.7. The first-order valence-corrected chi connectivity index (χ1v) is 6.47. The Morgan fingerprint density at radius 3 is 2.90 bits per heavy atom. The molecule has 0 radical (unpaired) electrons. The van der Waals surface area contributed by atoms with Crippen LogP contribution in [-0.4, -0.2) is 23.0 Å². The van der Waals surface area contributed by atoms with Gasteiger partial charge in [0.1, 0.15) is 17.8 Å². The topological polar surface area (TPSA) is 67.3 Å². The van der Waals surface area contributed by atoms with Gasteiger partial charge in [-0.3, -0.25) is 15.2 Å². The molecule has 0 bridgehead atoms. The Bertz CT molecular complexity index is 685. The molecule has 0 fully saturated rings. The number of hydrogen-bond donors (Lipinski definition) is 1. The van der Waals surface area contributed by atoms with Gasteiger partial charge >= 0.3 is 0 Å². The lowest BCUT2D eigenvalue weighted by Gasteiger charge is -2.28. The Balaban J connectivity index is 1.89. The van der Waals surface area contributed by atoms with Crippen molar-refractivity contribution in [2.45, 2.75) is 6.42 Å². The van der Waals surface area contributed by atoms with Gasteiger partial charge < -0.3 is 4.74 Å². The number of hydrogen-bond acceptors (Lipinski definition) is 5. The minimum absolute atomic E-state index is 0.279. The van der Waals surface area contributed by atoms with Crippen LogP contribution in [0.2, 0.25) is 0 Å². The van der Waals surface area contributed by atoms with Gasteiger partial charge in [0.15, 0.2) is 0 Å². The summed E-state index contributed by atoms with van der Waals surface area (Å²) in [7, 11) is 1.61. The minimum atomic E-state index is -0.279. The SMILES string of the molecule is COc1cccc2c1N(NC(=O)c1cncnc1)C=CC2. The zero-order valence-corrected chi connectivity index (χ0v) is 11.5. The quantitative estimate of drug-likeness (QED) is 0.928. The van der Waals surface area contributed by atoms with Crippen molar-refractivity contribution >= 4 is 11.6 Å². The predicted molar refractivity (Wildman–Crippen MR) is 77.8 cm³/mol. The molecule has 0 unspecified atom stereocenters. The molecular formula is C15H14N4O2. The van der Waals surface area contributed by atoms with E-state index < -0.39 is 0 Å². The fourth-order valence-electron chi connectivity index (χ4n) is 2.21. The van der Waals surface area contributed by atoms with Gasteiger partial charge in [0, 0.05) is 18.6 Å². The molecule has 21 heavy (non-hydrogen) atoms. The molecule has 1 aromatic heterocycles. The minimum Gasteiger partial charge on any atom is -0.494 e. The molecule has 3 rings (SSSR count). The number of fused-ring (bicyclic) bond motifs is 1. The zero-order chi connectivity index (χ0) is 14.7. The van der Waals surface area contributed by atoms with E-state index in [4.69, 9.17) is 4.74 Å². The third kappa shape index (κ3) is 2.55. The Morgan fingerprint density at radius 1 is 1.33 bits per heavy atom. The van der Waals surface area contributed by atoms with Crippen LogP contribution in [0, 0.1) is 0 Å². The van der Waals surface area contributed by atoms with Crippen LogP contribution in [0.25, 0.3) is 0 Å². The number of carbonyl (C=O) groups is 1. The molecule has 0 saturated carbocycles. The number of amides is 1. The lowest BCUT2D eigenvalue weighted by Crippen LogP contribution is -2.40. The maximum absolute atomic E-state index is 12.2. The smallest absolute Gasteiger partial charge is 0.273 e. The zero-order valence-electron chi connectivity index (χ0n) is 11.5. The van der Waals surface area contributed by atoms with Gasteiger partial charge in [0.25, 0.3) is 5.91 Å². The third-order valence-electron chi connectivity index (χ3n) is 3.18. The van der Waals surface area contributed by atoms with Crippen molar-refractivity contribution in [3.63, 3.8) is 0 Å². The molecule has 1 aliphatic heterocycles. The second kappa shape index (κ2) is 5.62. The van der Waals surface area contributed by atoms with Crippen molar-refractivity contribution in [1.29, 1.82) is 0 Å². The molecule has 2 heterocycles. The van der Waals surface area contributed by atoms with Gasteiger partial charge in [-0.15, -0.1) is 0 Å². The molecule has 1 N–H and O–H groups in total. The van der Waals surface area contributed by atoms with E-state index in [0.29, 0.717) is 11.3 Å². The molecule has 0 saturated heterocycles. The highest BCUT2D eigenvalue weighted by Crippen LogP contribution is 2.34. The first-order valence-electron chi connectivity index (χ1n) is 6.47. The summed E-state index contributed by atoms with van der Waals surface area (Å²) in [5.74, 6) is 0.431. The average Bonchev–Trinajstić information content (AvgIpc) is 2.55. The second-order valence-electron chi connectivity index (χ2n) is 4.49. The Morgan fingerprint density at radius 2 is 2.14 bits per heavy atom. The molecule has 0 aliphatic carbocycles. The number of methoxy groups -OCH3 is 1. The summed E-state index contributed by atoms with van der Waals surface area (Å²) >= 11 is 0. The molecule has 1 aromatic carbocycles. The molecule has 6 nitrogen and oxygen atoms in total. The average molecular weight is 282 g/mol. The Hall–Kier alpha value is -2.89. The van der Waals surface area contributed by atoms with E-state index in [-0.39, 0.29) is 5.91 Å². The van der Waals surface area contributed by atoms with Crippen LogP contribution in [0.5, 0.6) is 5.75 Å². The number of nitrogens with one attached hydrogen (secondary N) is 1. The summed E-state index contributed by atoms with van der Waals surface area (Å²) in [6.45, 7) is 0. The van der Waals surface area contributed by atoms with Crippen molar-refractivity contribution in [3.05, 3.63) is 60.3 Å². The number of carbonyl (C=O) groups excluding carboxylic acids is 1. The molecule has 2 aromatic rings. The van der Waals surface area contributed by atoms with Crippen LogP contribution in [-0.2, 0) is 6.42 Å². The van der Waals surface area contributed by atoms with Crippen LogP contribution in [0.1, 0.15) is 15.9 Å². The number of hydrazine groups is 1. The van der Waals surface area contributed by atoms with Gasteiger partial charge in [-0.1, -0.05) is 18.2 Å². The lowest BCUT2D eigenvalue weighted by atomic mass is 10.1. The van der Waals surface area contributed by atoms with Gasteiger partial charge in [0.05, 0.1) is 12.7 Å². The van der Waals surface area contributed by atoms with E-state index in [0.717, 1.165) is 17.7 Å². The second-order valence-corrected chi connectivity index (χ2v) is 4.49. The summed E-state index contributed by atoms with van der Waals surface area (Å²) in [5.41, 5.74) is 5.14. The number of para-hydroxylation sites is 1. The summed E-state index contributed by atoms with van der Waals surface area (Å²) in [5, 5.41) is 1.66. The van der Waals surface area contributed by atoms with Crippen molar-refractivity contribution < 1.29 is 9.53 Å². The number of nitrogens with zero attached hydrogens (tertiary/aromatic N) is 3. The molecule has 1 aliphatic rings. The number of rotatable bonds is 3. The van der Waals surface area contributed by atoms with E-state index >= 15 is 0 Å². The highest BCUT2D eigenvalue weighted by atomic mass is 16.5. The molecule has 0 atom stereocenters. The van der Waals surface area contributed by atoms with Crippen LogP contribution in [0.3, 0.4) is 0 Å². The molecule has 1 amide bonds. The van der Waals surface area contributed by atoms with Crippen LogP contribution in [0.4, 0.5) is 5.69 Å². The van der Waals surface area contributed by atoms with Crippen LogP contribution < -0.4 is 15.2 Å². The first kappa shape index (κ1) is 13.1. The van der Waals surface area contributed by atoms with E-state index in [1.807, 2.05) is 30.5 Å². The highest BCUT2D eigenvalue weighted by Gasteiger charge is 2.20. The predicted octanol–water partition coefficient (Wildman–Crippen LogP) is 1.71. The lowest BCUT2D eigenvalue weighted by molar-refractivity contribution is 0.0952. The maximum Gasteiger partial charge on any atom is 0.273 e. The number of allylic oxidation sites excluding steroid dienone is 1. The van der Waals surface area contributed by atoms with Gasteiger partial charge in [-0.2, -0.15) is 0 Å². The van der Waals surface area contributed by atoms with Crippen molar-refractivity contribution in [2.75, 3.05) is 12.1 Å². The Labute approximate surface area is 122 Å². The molecular weight excluding hydrogens is 268 g/mol. The van der Waals surface area contributed by atoms with E-state index in [2.05, 4.69) is 15.4 Å². The summed E-state index contributed by atoms with van der Waals surface area (Å²) < 4.78 is 5.38. The number of ether oxygens (including phenoxy) is 1. The molecule has 6 heteroatoms. The standard InChI is InChI=1S/C15H14N4O2/c1-21-13-6-2-4-11-5-3-7-19(14(11)13)18-15(20)12-8-16-10-17-9-12/h2-4,6-10H,5H2,1H3,(H,18,20). The van der Waals surface area contributed by atoms with Crippen molar-refractivity contribution in [2.24, 2.45) is 0 Å². The fraction of sp³-hybridized carbons (Fsp3) is 0.133. The summed E-state index contributed by atoms with van der Waals surface area (Å²) in [6, 6.07) is 5.80. The summed E-state index contributed by atoms with van der Waals surface area (Å²) in [6.07, 6.45) is 8.91. The molecule has 106 valence electrons. The molecule has 0 spiro atoms. The van der Waals surface area contributed by atoms with E-state index in [9.17, 15) is 4.79 Å². The first-order chi connectivity index (χ1) is 10.3. The van der Waals surface area contributed by atoms with Crippen LogP contribution >= 0.6 is 0 Å². The van der Waals surface area contributed by atoms with Crippen LogP contribution in [0.15, 0.2) is 49.2 Å². The van der Waals surface area contributed by atoms with Crippen molar-refractivity contribution in [1.82, 2.24) is 15.4 Å². The van der Waals surface area contributed by atoms with Crippen molar-refractivity contribution in [3.8, 4) is 5.75 Å². The van der Waals surface area contributed by atoms with Gasteiger partial charge in [-0.25, -0.2) is 9.97 Å². The third-order valence-corrected chi connectivity index (χ3v) is 3.18. The maximum atomic E-state index is 12.2. The largest absolute Gasteiger partial charge is 0.494 e. The number of aromatic nitrogens is 2. The monoisotopic (exact) mass is 282 g/mol. The van der Waals surface area contributed by atoms with Gasteiger partial charge in [0.2, 0.25) is 0 Å². The number of benzene rings is 1. The van der Waals surface area contributed by atoms with Gasteiger partial charge in [-0.05, 0) is 18.1 Å².